The molecular weight excluding hydrogens is 669 g/mol. The third-order valence-corrected chi connectivity index (χ3v) is 11.8. The van der Waals surface area contributed by atoms with Crippen LogP contribution in [0.5, 0.6) is 0 Å². The highest BCUT2D eigenvalue weighted by Crippen LogP contribution is 2.55. The molecule has 1 unspecified atom stereocenters. The molecule has 4 nitrogen and oxygen atoms in total. The molecule has 0 spiro atoms. The monoisotopic (exact) mass is 716 g/mol. The summed E-state index contributed by atoms with van der Waals surface area (Å²) in [5.74, 6) is 0.711. The van der Waals surface area contributed by atoms with E-state index in [1.54, 1.807) is 0 Å². The first-order chi connectivity index (χ1) is 27.2. The van der Waals surface area contributed by atoms with Crippen LogP contribution in [0.15, 0.2) is 146 Å². The smallest absolute Gasteiger partial charge is 0.160 e. The van der Waals surface area contributed by atoms with E-state index in [2.05, 4.69) is 145 Å². The molecular formula is C51H48N4. The van der Waals surface area contributed by atoms with E-state index in [0.717, 1.165) is 39.3 Å². The summed E-state index contributed by atoms with van der Waals surface area (Å²) in [5, 5.41) is 2.41. The maximum atomic E-state index is 5.18. The van der Waals surface area contributed by atoms with Gasteiger partial charge in [0.15, 0.2) is 5.82 Å². The number of nitrogens with zero attached hydrogens (tertiary/aromatic N) is 4. The largest absolute Gasteiger partial charge is 0.309 e. The van der Waals surface area contributed by atoms with Gasteiger partial charge in [-0.25, -0.2) is 9.97 Å². The summed E-state index contributed by atoms with van der Waals surface area (Å²) in [7, 11) is 0. The Balaban J connectivity index is 1.24. The van der Waals surface area contributed by atoms with Crippen LogP contribution in [0.25, 0.3) is 72.5 Å². The molecule has 8 aromatic rings. The van der Waals surface area contributed by atoms with E-state index in [1.807, 2.05) is 24.5 Å². The fraction of sp³-hybridized carbons (Fsp3) is 0.235. The Morgan fingerprint density at radius 1 is 0.509 bits per heavy atom. The van der Waals surface area contributed by atoms with E-state index in [-0.39, 0.29) is 5.41 Å². The van der Waals surface area contributed by atoms with Crippen LogP contribution in [-0.2, 0) is 5.41 Å². The van der Waals surface area contributed by atoms with Crippen LogP contribution in [0, 0.1) is 0 Å². The van der Waals surface area contributed by atoms with Crippen LogP contribution in [0.3, 0.4) is 0 Å². The van der Waals surface area contributed by atoms with Gasteiger partial charge in [0.2, 0.25) is 0 Å². The molecule has 55 heavy (non-hydrogen) atoms. The van der Waals surface area contributed by atoms with Gasteiger partial charge in [0.05, 0.1) is 22.4 Å². The third kappa shape index (κ3) is 6.34. The van der Waals surface area contributed by atoms with E-state index < -0.39 is 0 Å². The topological polar surface area (TPSA) is 43.6 Å². The lowest BCUT2D eigenvalue weighted by Gasteiger charge is -2.33. The summed E-state index contributed by atoms with van der Waals surface area (Å²) >= 11 is 0. The Labute approximate surface area is 325 Å². The molecule has 5 aromatic carbocycles. The Kier molecular flexibility index (Phi) is 9.58. The minimum Gasteiger partial charge on any atom is -0.309 e. The van der Waals surface area contributed by atoms with Crippen LogP contribution in [-0.4, -0.2) is 19.5 Å². The molecule has 3 aromatic heterocycles. The number of pyridine rings is 1. The van der Waals surface area contributed by atoms with Gasteiger partial charge >= 0.3 is 0 Å². The zero-order valence-electron chi connectivity index (χ0n) is 32.0. The number of unbranched alkanes of at least 4 members (excludes halogenated alkanes) is 5. The van der Waals surface area contributed by atoms with Crippen molar-refractivity contribution in [2.24, 2.45) is 0 Å². The molecule has 0 bridgehead atoms. The molecule has 0 saturated heterocycles. The van der Waals surface area contributed by atoms with Crippen molar-refractivity contribution < 1.29 is 0 Å². The third-order valence-electron chi connectivity index (χ3n) is 11.8. The number of hydrogen-bond acceptors (Lipinski definition) is 3. The first-order valence-electron chi connectivity index (χ1n) is 20.3. The zero-order valence-corrected chi connectivity index (χ0v) is 32.0. The van der Waals surface area contributed by atoms with Gasteiger partial charge in [-0.15, -0.1) is 0 Å². The van der Waals surface area contributed by atoms with Gasteiger partial charge in [0.25, 0.3) is 0 Å². The summed E-state index contributed by atoms with van der Waals surface area (Å²) in [6.07, 6.45) is 15.1. The molecule has 0 aliphatic heterocycles. The molecule has 1 aliphatic carbocycles. The van der Waals surface area contributed by atoms with Gasteiger partial charge in [-0.1, -0.05) is 156 Å². The van der Waals surface area contributed by atoms with Crippen LogP contribution in [0.4, 0.5) is 0 Å². The Morgan fingerprint density at radius 3 is 1.89 bits per heavy atom. The Bertz CT molecular complexity index is 2550. The maximum absolute atomic E-state index is 5.18. The van der Waals surface area contributed by atoms with Crippen LogP contribution < -0.4 is 0 Å². The minimum atomic E-state index is 0.00394. The van der Waals surface area contributed by atoms with Crippen molar-refractivity contribution in [2.45, 2.75) is 77.0 Å². The predicted octanol–water partition coefficient (Wildman–Crippen LogP) is 13.8. The van der Waals surface area contributed by atoms with E-state index in [0.29, 0.717) is 5.82 Å². The quantitative estimate of drug-likeness (QED) is 0.112. The molecule has 1 aliphatic rings. The van der Waals surface area contributed by atoms with Crippen LogP contribution >= 0.6 is 0 Å². The van der Waals surface area contributed by atoms with Gasteiger partial charge in [-0.2, -0.15) is 0 Å². The molecule has 272 valence electrons. The summed E-state index contributed by atoms with van der Waals surface area (Å²) in [4.78, 5) is 15.0. The standard InChI is InChI=1S/C51H48N4/c1-3-5-7-17-29-51(28-16-6-4-2)44-26-15-14-25-40(44)41-32-42-43-35-52-30-27-48(43)55(49(42)33-45(41)51)39-24-18-23-38(31-39)50-53-46(36-19-10-8-11-20-36)34-47(54-50)37-21-12-9-13-22-37/h8-15,18-27,30-35H,3-7,16-17,28-29H2,1-2H3. The van der Waals surface area contributed by atoms with E-state index in [1.165, 1.54) is 96.3 Å². The highest BCUT2D eigenvalue weighted by atomic mass is 15.0. The fourth-order valence-electron chi connectivity index (χ4n) is 9.15. The summed E-state index contributed by atoms with van der Waals surface area (Å²) in [6, 6.07) is 48.2. The molecule has 0 N–H and O–H groups in total. The summed E-state index contributed by atoms with van der Waals surface area (Å²) in [6.45, 7) is 4.63. The minimum absolute atomic E-state index is 0.00394. The molecule has 3 heterocycles. The number of benzene rings is 5. The molecule has 0 radical (unpaired) electrons. The number of hydrogen-bond donors (Lipinski definition) is 0. The number of fused-ring (bicyclic) bond motifs is 6. The Morgan fingerprint density at radius 2 is 1.16 bits per heavy atom. The first kappa shape index (κ1) is 34.9. The maximum Gasteiger partial charge on any atom is 0.160 e. The van der Waals surface area contributed by atoms with Crippen molar-refractivity contribution in [1.82, 2.24) is 19.5 Å². The highest BCUT2D eigenvalue weighted by Gasteiger charge is 2.42. The van der Waals surface area contributed by atoms with Crippen LogP contribution in [0.2, 0.25) is 0 Å². The second-order valence-electron chi connectivity index (χ2n) is 15.3. The second-order valence-corrected chi connectivity index (χ2v) is 15.3. The first-order valence-corrected chi connectivity index (χ1v) is 20.3. The van der Waals surface area contributed by atoms with Crippen molar-refractivity contribution >= 4 is 21.8 Å². The second kappa shape index (κ2) is 15.1. The molecule has 1 atom stereocenters. The highest BCUT2D eigenvalue weighted by molar-refractivity contribution is 6.11. The van der Waals surface area contributed by atoms with Gasteiger partial charge in [0, 0.05) is 51.0 Å². The lowest BCUT2D eigenvalue weighted by Crippen LogP contribution is -2.25. The van der Waals surface area contributed by atoms with Gasteiger partial charge in [-0.3, -0.25) is 4.98 Å². The molecule has 0 amide bonds. The number of aromatic nitrogens is 4. The van der Waals surface area contributed by atoms with Gasteiger partial charge < -0.3 is 4.57 Å². The average Bonchev–Trinajstić information content (AvgIpc) is 3.71. The van der Waals surface area contributed by atoms with Crippen molar-refractivity contribution in [1.29, 1.82) is 0 Å². The normalized spacial score (nSPS) is 14.7. The zero-order chi connectivity index (χ0) is 37.2. The summed E-state index contributed by atoms with van der Waals surface area (Å²) in [5.41, 5.74) is 14.2. The van der Waals surface area contributed by atoms with Crippen molar-refractivity contribution in [2.75, 3.05) is 0 Å². The molecule has 0 saturated carbocycles. The molecule has 4 heteroatoms. The van der Waals surface area contributed by atoms with E-state index >= 15 is 0 Å². The van der Waals surface area contributed by atoms with Gasteiger partial charge in [-0.05, 0) is 71.5 Å². The molecule has 9 rings (SSSR count). The Hall–Kier alpha value is -5.87. The van der Waals surface area contributed by atoms with Crippen molar-refractivity contribution in [3.05, 3.63) is 157 Å². The van der Waals surface area contributed by atoms with Gasteiger partial charge in [0.1, 0.15) is 0 Å². The molecule has 0 fully saturated rings. The van der Waals surface area contributed by atoms with Crippen molar-refractivity contribution in [3.63, 3.8) is 0 Å². The lowest BCUT2D eigenvalue weighted by atomic mass is 9.70. The predicted molar refractivity (Wildman–Crippen MR) is 230 cm³/mol. The SMILES string of the molecule is CCCCCCC1(CCCCC)c2ccccc2-c2cc3c4cnccc4n(-c4cccc(-c5nc(-c6ccccc6)cc(-c6ccccc6)n5)c4)c3cc21. The van der Waals surface area contributed by atoms with E-state index in [9.17, 15) is 0 Å². The van der Waals surface area contributed by atoms with E-state index in [4.69, 9.17) is 9.97 Å². The van der Waals surface area contributed by atoms with Crippen molar-refractivity contribution in [3.8, 4) is 50.7 Å². The fourth-order valence-corrected chi connectivity index (χ4v) is 9.15. The number of rotatable bonds is 13. The summed E-state index contributed by atoms with van der Waals surface area (Å²) < 4.78 is 2.45. The van der Waals surface area contributed by atoms with Crippen LogP contribution in [0.1, 0.15) is 82.8 Å². The lowest BCUT2D eigenvalue weighted by molar-refractivity contribution is 0.403. The average molecular weight is 717 g/mol.